The number of aromatic hydroxyl groups is 3. The number of carbonyl (C=O) groups excluding carboxylic acids is 1. The minimum atomic E-state index is -2.20. The highest BCUT2D eigenvalue weighted by atomic mass is 16.8. The number of esters is 1. The molecule has 2 aliphatic heterocycles. The summed E-state index contributed by atoms with van der Waals surface area (Å²) < 4.78 is 39.0. The van der Waals surface area contributed by atoms with Gasteiger partial charge in [0.1, 0.15) is 59.1 Å². The van der Waals surface area contributed by atoms with Crippen LogP contribution in [0.15, 0.2) is 39.5 Å². The molecule has 2 aliphatic rings. The number of fused-ring (bicyclic) bond motifs is 1. The molecule has 20 heteroatoms. The molecule has 2 fully saturated rings. The quantitative estimate of drug-likeness (QED) is 0.0693. The van der Waals surface area contributed by atoms with Gasteiger partial charge in [0.25, 0.3) is 0 Å². The Morgan fingerprint density at radius 2 is 1.72 bits per heavy atom. The maximum absolute atomic E-state index is 14.1. The van der Waals surface area contributed by atoms with Crippen LogP contribution in [-0.4, -0.2) is 144 Å². The molecule has 2 aromatic carbocycles. The van der Waals surface area contributed by atoms with Crippen LogP contribution in [0.3, 0.4) is 0 Å². The molecule has 3 heterocycles. The van der Waals surface area contributed by atoms with Crippen molar-refractivity contribution in [3.63, 3.8) is 0 Å². The standard InChI is InChI=1S/C33H38O20/c1-32(45,8-20(38)39)9-21(40)48-10-19-23(41)25(43)28(53-31-29(44)33(46,11-34)12-49-31)30(51-19)52-27-24(42)22-17(37)6-14(47-2)7-18(22)50-26(27)13-3-4-15(35)16(36)5-13/h3-7,19,23,25,28-31,34-37,41,43-46H,8-12H2,1-2H3,(H,38,39). The summed E-state index contributed by atoms with van der Waals surface area (Å²) in [5.41, 5.74) is -5.59. The van der Waals surface area contributed by atoms with Gasteiger partial charge in [-0.2, -0.15) is 0 Å². The molecule has 0 bridgehead atoms. The Balaban J connectivity index is 1.56. The summed E-state index contributed by atoms with van der Waals surface area (Å²) in [5.74, 6) is -5.46. The number of ether oxygens (including phenoxy) is 6. The normalized spacial score (nSPS) is 28.3. The molecule has 20 nitrogen and oxygen atoms in total. The average molecular weight is 755 g/mol. The second kappa shape index (κ2) is 15.3. The van der Waals surface area contributed by atoms with Gasteiger partial charge in [0, 0.05) is 17.7 Å². The number of methoxy groups -OCH3 is 1. The molecule has 0 saturated carbocycles. The van der Waals surface area contributed by atoms with Crippen molar-refractivity contribution in [2.45, 2.75) is 74.1 Å². The van der Waals surface area contributed by atoms with E-state index in [1.165, 1.54) is 19.2 Å². The van der Waals surface area contributed by atoms with Crippen LogP contribution in [0.25, 0.3) is 22.3 Å². The van der Waals surface area contributed by atoms with E-state index in [0.717, 1.165) is 25.1 Å². The maximum Gasteiger partial charge on any atom is 0.308 e. The second-order valence-corrected chi connectivity index (χ2v) is 12.9. The van der Waals surface area contributed by atoms with Crippen molar-refractivity contribution < 1.29 is 93.5 Å². The summed E-state index contributed by atoms with van der Waals surface area (Å²) in [7, 11) is 1.29. The number of benzene rings is 2. The molecule has 2 saturated heterocycles. The number of hydrogen-bond acceptors (Lipinski definition) is 19. The first-order valence-electron chi connectivity index (χ1n) is 15.8. The molecule has 0 aliphatic carbocycles. The van der Waals surface area contributed by atoms with Gasteiger partial charge in [-0.15, -0.1) is 0 Å². The van der Waals surface area contributed by atoms with Crippen molar-refractivity contribution in [1.29, 1.82) is 0 Å². The number of rotatable bonds is 13. The molecule has 1 aromatic heterocycles. The largest absolute Gasteiger partial charge is 0.507 e. The maximum atomic E-state index is 14.1. The number of aliphatic carboxylic acids is 1. The molecule has 53 heavy (non-hydrogen) atoms. The van der Waals surface area contributed by atoms with Gasteiger partial charge in [-0.1, -0.05) is 0 Å². The summed E-state index contributed by atoms with van der Waals surface area (Å²) in [5, 5.41) is 103. The van der Waals surface area contributed by atoms with Crippen LogP contribution < -0.4 is 14.9 Å². The minimum absolute atomic E-state index is 0.0762. The molecule has 9 unspecified atom stereocenters. The van der Waals surface area contributed by atoms with Gasteiger partial charge in [0.05, 0.1) is 38.8 Å². The zero-order chi connectivity index (χ0) is 39.0. The van der Waals surface area contributed by atoms with E-state index in [9.17, 15) is 60.3 Å². The predicted octanol–water partition coefficient (Wildman–Crippen LogP) is -1.60. The molecular weight excluding hydrogens is 716 g/mol. The van der Waals surface area contributed by atoms with Gasteiger partial charge in [0.15, 0.2) is 29.7 Å². The van der Waals surface area contributed by atoms with Gasteiger partial charge in [0.2, 0.25) is 17.5 Å². The van der Waals surface area contributed by atoms with Crippen LogP contribution in [0, 0.1) is 0 Å². The molecule has 5 rings (SSSR count). The fourth-order valence-electron chi connectivity index (χ4n) is 5.73. The molecule has 0 spiro atoms. The Morgan fingerprint density at radius 1 is 1.00 bits per heavy atom. The summed E-state index contributed by atoms with van der Waals surface area (Å²) in [6.45, 7) is -1.37. The van der Waals surface area contributed by atoms with Crippen molar-refractivity contribution in [3.8, 4) is 40.1 Å². The number of hydrogen-bond donors (Lipinski definition) is 10. The van der Waals surface area contributed by atoms with Crippen LogP contribution in [0.1, 0.15) is 19.8 Å². The molecule has 0 amide bonds. The van der Waals surface area contributed by atoms with Crippen LogP contribution in [0.4, 0.5) is 0 Å². The first kappa shape index (κ1) is 39.4. The van der Waals surface area contributed by atoms with E-state index in [2.05, 4.69) is 0 Å². The van der Waals surface area contributed by atoms with Crippen molar-refractivity contribution in [2.24, 2.45) is 0 Å². The van der Waals surface area contributed by atoms with E-state index >= 15 is 0 Å². The van der Waals surface area contributed by atoms with Crippen molar-refractivity contribution in [1.82, 2.24) is 0 Å². The smallest absolute Gasteiger partial charge is 0.308 e. The molecule has 0 radical (unpaired) electrons. The first-order valence-corrected chi connectivity index (χ1v) is 15.8. The minimum Gasteiger partial charge on any atom is -0.507 e. The molecular formula is C33H38O20. The van der Waals surface area contributed by atoms with E-state index in [4.69, 9.17) is 37.9 Å². The third-order valence-corrected chi connectivity index (χ3v) is 8.60. The highest BCUT2D eigenvalue weighted by Gasteiger charge is 2.54. The Hall–Kier alpha value is -4.77. The summed E-state index contributed by atoms with van der Waals surface area (Å²) in [6, 6.07) is 5.63. The highest BCUT2D eigenvalue weighted by molar-refractivity contribution is 5.88. The Morgan fingerprint density at radius 3 is 2.34 bits per heavy atom. The lowest BCUT2D eigenvalue weighted by Gasteiger charge is -2.42. The monoisotopic (exact) mass is 754 g/mol. The van der Waals surface area contributed by atoms with E-state index in [-0.39, 0.29) is 16.9 Å². The lowest BCUT2D eigenvalue weighted by atomic mass is 9.97. The van der Waals surface area contributed by atoms with Gasteiger partial charge < -0.3 is 83.9 Å². The van der Waals surface area contributed by atoms with Gasteiger partial charge in [-0.05, 0) is 25.1 Å². The topological polar surface area (TPSA) is 322 Å². The zero-order valence-electron chi connectivity index (χ0n) is 28.0. The van der Waals surface area contributed by atoms with Crippen molar-refractivity contribution in [3.05, 3.63) is 40.6 Å². The van der Waals surface area contributed by atoms with E-state index in [1.807, 2.05) is 0 Å². The highest BCUT2D eigenvalue weighted by Crippen LogP contribution is 2.40. The number of carbonyl (C=O) groups is 2. The van der Waals surface area contributed by atoms with Crippen LogP contribution >= 0.6 is 0 Å². The lowest BCUT2D eigenvalue weighted by Crippen LogP contribution is -2.62. The Kier molecular flexibility index (Phi) is 11.4. The van der Waals surface area contributed by atoms with Crippen molar-refractivity contribution >= 4 is 22.9 Å². The number of carboxylic acids is 1. The third-order valence-electron chi connectivity index (χ3n) is 8.60. The van der Waals surface area contributed by atoms with E-state index < -0.39 is 138 Å². The summed E-state index contributed by atoms with van der Waals surface area (Å²) >= 11 is 0. The molecule has 3 aromatic rings. The van der Waals surface area contributed by atoms with Gasteiger partial charge in [-0.3, -0.25) is 14.4 Å². The number of phenols is 3. The van der Waals surface area contributed by atoms with Crippen LogP contribution in [-0.2, 0) is 28.5 Å². The van der Waals surface area contributed by atoms with Gasteiger partial charge >= 0.3 is 11.9 Å². The average Bonchev–Trinajstić information content (AvgIpc) is 3.37. The van der Waals surface area contributed by atoms with Crippen molar-refractivity contribution in [2.75, 3.05) is 26.9 Å². The summed E-state index contributed by atoms with van der Waals surface area (Å²) in [4.78, 5) is 37.6. The summed E-state index contributed by atoms with van der Waals surface area (Å²) in [6.07, 6.45) is -15.0. The number of aliphatic hydroxyl groups is 6. The molecule has 290 valence electrons. The Bertz CT molecular complexity index is 1890. The van der Waals surface area contributed by atoms with Crippen LogP contribution in [0.2, 0.25) is 0 Å². The third kappa shape index (κ3) is 8.25. The van der Waals surface area contributed by atoms with Gasteiger partial charge in [-0.25, -0.2) is 0 Å². The SMILES string of the molecule is COc1cc(O)c2c(=O)c(OC3OC(COC(=O)CC(C)(O)CC(=O)O)C(O)C(O)C3OC3OCC(O)(CO)C3O)c(-c3ccc(O)c(O)c3)oc2c1. The number of phenolic OH excluding ortho intramolecular Hbond substituents is 3. The second-order valence-electron chi connectivity index (χ2n) is 12.9. The van der Waals surface area contributed by atoms with E-state index in [0.29, 0.717) is 0 Å². The van der Waals surface area contributed by atoms with E-state index in [1.54, 1.807) is 0 Å². The fraction of sp³-hybridized carbons (Fsp3) is 0.485. The molecule has 10 N–H and O–H groups in total. The molecule has 9 atom stereocenters. The number of carboxylic acid groups (broad SMARTS) is 1. The Labute approximate surface area is 298 Å². The number of aliphatic hydroxyl groups excluding tert-OH is 4. The van der Waals surface area contributed by atoms with Crippen LogP contribution in [0.5, 0.6) is 28.7 Å². The zero-order valence-corrected chi connectivity index (χ0v) is 28.0. The fourth-order valence-corrected chi connectivity index (χ4v) is 5.73. The predicted molar refractivity (Wildman–Crippen MR) is 172 cm³/mol. The first-order chi connectivity index (χ1) is 24.9. The lowest BCUT2D eigenvalue weighted by molar-refractivity contribution is -0.319.